The molecule has 5 heteroatoms. The summed E-state index contributed by atoms with van der Waals surface area (Å²) in [5, 5.41) is 0. The minimum Gasteiger partial charge on any atom is -0.347 e. The topological polar surface area (TPSA) is 33.1 Å². The van der Waals surface area contributed by atoms with Crippen molar-refractivity contribution in [2.24, 2.45) is 0 Å². The van der Waals surface area contributed by atoms with Crippen molar-refractivity contribution >= 4 is 28.9 Å². The normalized spacial score (nSPS) is 16.5. The highest BCUT2D eigenvalue weighted by Crippen LogP contribution is 2.46. The highest BCUT2D eigenvalue weighted by molar-refractivity contribution is 7.06. The van der Waals surface area contributed by atoms with E-state index in [0.717, 1.165) is 27.5 Å². The van der Waals surface area contributed by atoms with Crippen molar-refractivity contribution in [2.45, 2.75) is 26.2 Å². The summed E-state index contributed by atoms with van der Waals surface area (Å²) in [5.74, 6) is 0. The minimum atomic E-state index is -0.0322. The summed E-state index contributed by atoms with van der Waals surface area (Å²) in [7, 11) is 2.14. The molecule has 0 fully saturated rings. The van der Waals surface area contributed by atoms with Crippen LogP contribution in [-0.4, -0.2) is 16.5 Å². The number of aromatic nitrogens is 3. The molecule has 1 aliphatic rings. The van der Waals surface area contributed by atoms with Gasteiger partial charge in [-0.2, -0.15) is 0 Å². The molecule has 1 aliphatic heterocycles. The molecule has 0 saturated heterocycles. The molecule has 154 valence electrons. The number of allylic oxidation sites excluding steroid dienone is 3. The first kappa shape index (κ1) is 19.6. The van der Waals surface area contributed by atoms with Crippen molar-refractivity contribution < 1.29 is 4.52 Å². The molecular weight excluding hydrogens is 400 g/mol. The predicted molar refractivity (Wildman–Crippen MR) is 128 cm³/mol. The molecule has 0 N–H and O–H groups in total. The van der Waals surface area contributed by atoms with E-state index in [1.54, 1.807) is 0 Å². The van der Waals surface area contributed by atoms with Crippen LogP contribution in [0.25, 0.3) is 23.0 Å². The van der Waals surface area contributed by atoms with Gasteiger partial charge in [0.15, 0.2) is 5.69 Å². The molecule has 0 spiro atoms. The third-order valence-corrected chi connectivity index (χ3v) is 6.82. The van der Waals surface area contributed by atoms with Crippen molar-refractivity contribution in [3.05, 3.63) is 94.6 Å². The first-order valence-electron chi connectivity index (χ1n) is 10.4. The number of rotatable bonds is 3. The molecule has 0 unspecified atom stereocenters. The third kappa shape index (κ3) is 3.26. The molecule has 0 radical (unpaired) electrons. The number of hydrogen-bond donors (Lipinski definition) is 0. The fraction of sp³-hybridized carbons (Fsp3) is 0.192. The molecule has 5 rings (SSSR count). The van der Waals surface area contributed by atoms with Gasteiger partial charge >= 0.3 is 5.65 Å². The lowest BCUT2D eigenvalue weighted by atomic mass is 9.84. The van der Waals surface area contributed by atoms with Crippen molar-refractivity contribution in [1.82, 2.24) is 9.47 Å². The average Bonchev–Trinajstić information content (AvgIpc) is 3.27. The lowest BCUT2D eigenvalue weighted by Crippen LogP contribution is -2.28. The van der Waals surface area contributed by atoms with E-state index < -0.39 is 0 Å². The van der Waals surface area contributed by atoms with Crippen LogP contribution in [0.15, 0.2) is 78.5 Å². The Morgan fingerprint density at radius 2 is 1.77 bits per heavy atom. The van der Waals surface area contributed by atoms with Crippen LogP contribution in [0.3, 0.4) is 0 Å². The van der Waals surface area contributed by atoms with Gasteiger partial charge in [0.1, 0.15) is 10.6 Å². The Balaban J connectivity index is 1.52. The first-order valence-corrected chi connectivity index (χ1v) is 11.2. The second kappa shape index (κ2) is 7.43. The highest BCUT2D eigenvalue weighted by atomic mass is 32.1. The molecule has 0 aliphatic carbocycles. The van der Waals surface area contributed by atoms with Gasteiger partial charge in [-0.3, -0.25) is 0 Å². The Morgan fingerprint density at radius 3 is 2.55 bits per heavy atom. The largest absolute Gasteiger partial charge is 0.368 e. The van der Waals surface area contributed by atoms with Crippen molar-refractivity contribution in [3.8, 4) is 11.3 Å². The molecule has 4 aromatic rings. The van der Waals surface area contributed by atoms with Gasteiger partial charge in [0.25, 0.3) is 0 Å². The molecule has 2 aromatic heterocycles. The van der Waals surface area contributed by atoms with Crippen LogP contribution in [0.1, 0.15) is 30.0 Å². The summed E-state index contributed by atoms with van der Waals surface area (Å²) < 4.78 is 6.51. The third-order valence-electron chi connectivity index (χ3n) is 6.06. The highest BCUT2D eigenvalue weighted by Gasteiger charge is 2.37. The van der Waals surface area contributed by atoms with E-state index in [0.29, 0.717) is 0 Å². The number of aryl methyl sites for hydroxylation is 1. The molecule has 4 nitrogen and oxygen atoms in total. The summed E-state index contributed by atoms with van der Waals surface area (Å²) in [6.07, 6.45) is 6.46. The molecule has 3 heterocycles. The second-order valence-electron chi connectivity index (χ2n) is 8.43. The van der Waals surface area contributed by atoms with E-state index in [1.807, 2.05) is 22.7 Å². The van der Waals surface area contributed by atoms with Crippen LogP contribution < -0.4 is 9.42 Å². The van der Waals surface area contributed by atoms with Gasteiger partial charge in [0, 0.05) is 53.9 Å². The lowest BCUT2D eigenvalue weighted by molar-refractivity contribution is -0.580. The van der Waals surface area contributed by atoms with E-state index in [4.69, 9.17) is 4.98 Å². The Morgan fingerprint density at radius 1 is 1.03 bits per heavy atom. The van der Waals surface area contributed by atoms with E-state index in [1.165, 1.54) is 28.5 Å². The van der Waals surface area contributed by atoms with Gasteiger partial charge in [0.2, 0.25) is 0 Å². The quantitative estimate of drug-likeness (QED) is 0.402. The summed E-state index contributed by atoms with van der Waals surface area (Å²) in [4.78, 5) is 8.26. The van der Waals surface area contributed by atoms with Crippen LogP contribution in [0.5, 0.6) is 0 Å². The Kier molecular flexibility index (Phi) is 4.71. The number of fused-ring (bicyclic) bond motifs is 2. The molecule has 0 amide bonds. The van der Waals surface area contributed by atoms with Crippen LogP contribution in [-0.2, 0) is 5.41 Å². The Bertz CT molecular complexity index is 1330. The molecule has 31 heavy (non-hydrogen) atoms. The summed E-state index contributed by atoms with van der Waals surface area (Å²) >= 11 is 1.47. The number of anilines is 1. The van der Waals surface area contributed by atoms with Gasteiger partial charge in [-0.1, -0.05) is 73.0 Å². The average molecular weight is 426 g/mol. The summed E-state index contributed by atoms with van der Waals surface area (Å²) in [5.41, 5.74) is 7.93. The maximum absolute atomic E-state index is 4.92. The second-order valence-corrected chi connectivity index (χ2v) is 9.22. The zero-order chi connectivity index (χ0) is 21.6. The number of hydrogen-bond acceptors (Lipinski definition) is 4. The number of nitrogens with zero attached hydrogens (tertiary/aromatic N) is 4. The summed E-state index contributed by atoms with van der Waals surface area (Å²) in [6.45, 7) is 6.64. The minimum absolute atomic E-state index is 0.0322. The molecule has 2 aromatic carbocycles. The monoisotopic (exact) mass is 425 g/mol. The van der Waals surface area contributed by atoms with Crippen molar-refractivity contribution in [2.75, 3.05) is 11.9 Å². The Hall–Kier alpha value is -3.31. The number of para-hydroxylation sites is 1. The lowest BCUT2D eigenvalue weighted by Gasteiger charge is -2.23. The van der Waals surface area contributed by atoms with E-state index in [9.17, 15) is 0 Å². The van der Waals surface area contributed by atoms with Gasteiger partial charge in [-0.15, -0.1) is 0 Å². The summed E-state index contributed by atoms with van der Waals surface area (Å²) in [6, 6.07) is 21.0. The SMILES string of the molecule is Cc1cc(-c2ccccc2)nc2c(/C=C/C=C3\N(C)c4ccccc4C3(C)C)sn[n+]12. The molecule has 0 bridgehead atoms. The maximum Gasteiger partial charge on any atom is 0.368 e. The van der Waals surface area contributed by atoms with Crippen molar-refractivity contribution in [1.29, 1.82) is 0 Å². The zero-order valence-electron chi connectivity index (χ0n) is 18.2. The van der Waals surface area contributed by atoms with Gasteiger partial charge in [0.05, 0.1) is 0 Å². The van der Waals surface area contributed by atoms with Crippen molar-refractivity contribution in [3.63, 3.8) is 0 Å². The van der Waals surface area contributed by atoms with Crippen LogP contribution in [0, 0.1) is 6.92 Å². The van der Waals surface area contributed by atoms with Crippen LogP contribution >= 0.6 is 11.5 Å². The Labute approximate surface area is 187 Å². The number of likely N-dealkylation sites (N-methyl/N-ethyl adjacent to an activating group) is 1. The van der Waals surface area contributed by atoms with Gasteiger partial charge in [-0.05, 0) is 33.3 Å². The van der Waals surface area contributed by atoms with E-state index in [2.05, 4.69) is 97.9 Å². The van der Waals surface area contributed by atoms with Gasteiger partial charge < -0.3 is 4.90 Å². The van der Waals surface area contributed by atoms with Crippen LogP contribution in [0.2, 0.25) is 0 Å². The van der Waals surface area contributed by atoms with E-state index >= 15 is 0 Å². The zero-order valence-corrected chi connectivity index (χ0v) is 19.0. The molecule has 0 saturated carbocycles. The smallest absolute Gasteiger partial charge is 0.347 e. The maximum atomic E-state index is 4.92. The molecular formula is C26H25N4S+. The molecule has 0 atom stereocenters. The number of benzene rings is 2. The van der Waals surface area contributed by atoms with E-state index in [-0.39, 0.29) is 5.41 Å². The first-order chi connectivity index (χ1) is 15.0. The van der Waals surface area contributed by atoms with Gasteiger partial charge in [-0.25, -0.2) is 0 Å². The standard InChI is InChI=1S/C26H25N4S/c1-18-17-21(19-11-6-5-7-12-19)27-25-23(31-28-30(18)25)15-10-16-24-26(2,3)20-13-8-9-14-22(20)29(24)4/h5-17H,1-4H3/q+1/b15-10+,24-16-. The predicted octanol–water partition coefficient (Wildman–Crippen LogP) is 5.58. The fourth-order valence-electron chi connectivity index (χ4n) is 4.40. The fourth-order valence-corrected chi connectivity index (χ4v) is 5.13. The van der Waals surface area contributed by atoms with Crippen LogP contribution in [0.4, 0.5) is 5.69 Å².